The normalized spacial score (nSPS) is 17.7. The zero-order valence-corrected chi connectivity index (χ0v) is 11.4. The van der Waals surface area contributed by atoms with Crippen LogP contribution in [0.5, 0.6) is 5.75 Å². The third-order valence-corrected chi connectivity index (χ3v) is 3.50. The zero-order chi connectivity index (χ0) is 13.7. The number of rotatable bonds is 5. The Morgan fingerprint density at radius 3 is 3.00 bits per heavy atom. The SMILES string of the molecule is CCOC(=O)COc1ccc2c(c1)CC[C@H](CN)C2. The van der Waals surface area contributed by atoms with Gasteiger partial charge in [0.2, 0.25) is 0 Å². The van der Waals surface area contributed by atoms with Crippen molar-refractivity contribution in [2.75, 3.05) is 19.8 Å². The number of fused-ring (bicyclic) bond motifs is 1. The van der Waals surface area contributed by atoms with Crippen LogP contribution in [0.25, 0.3) is 0 Å². The van der Waals surface area contributed by atoms with Gasteiger partial charge in [0.25, 0.3) is 0 Å². The second-order valence-corrected chi connectivity index (χ2v) is 4.87. The first-order valence-electron chi connectivity index (χ1n) is 6.83. The third-order valence-electron chi connectivity index (χ3n) is 3.50. The van der Waals surface area contributed by atoms with Gasteiger partial charge in [-0.1, -0.05) is 6.07 Å². The van der Waals surface area contributed by atoms with Gasteiger partial charge in [-0.2, -0.15) is 0 Å². The highest BCUT2D eigenvalue weighted by atomic mass is 16.6. The average molecular weight is 263 g/mol. The molecule has 2 N–H and O–H groups in total. The van der Waals surface area contributed by atoms with Crippen molar-refractivity contribution < 1.29 is 14.3 Å². The predicted molar refractivity (Wildman–Crippen MR) is 73.1 cm³/mol. The van der Waals surface area contributed by atoms with Crippen LogP contribution in [0.4, 0.5) is 0 Å². The van der Waals surface area contributed by atoms with E-state index in [0.29, 0.717) is 12.5 Å². The first-order chi connectivity index (χ1) is 9.22. The zero-order valence-electron chi connectivity index (χ0n) is 11.4. The molecule has 0 amide bonds. The lowest BCUT2D eigenvalue weighted by Crippen LogP contribution is -2.22. The van der Waals surface area contributed by atoms with Crippen LogP contribution in [-0.4, -0.2) is 25.7 Å². The number of aryl methyl sites for hydroxylation is 1. The van der Waals surface area contributed by atoms with Gasteiger partial charge in [-0.15, -0.1) is 0 Å². The Hall–Kier alpha value is -1.55. The summed E-state index contributed by atoms with van der Waals surface area (Å²) in [7, 11) is 0. The Morgan fingerprint density at radius 1 is 1.42 bits per heavy atom. The summed E-state index contributed by atoms with van der Waals surface area (Å²) in [5.41, 5.74) is 8.39. The summed E-state index contributed by atoms with van der Waals surface area (Å²) in [4.78, 5) is 11.2. The highest BCUT2D eigenvalue weighted by Crippen LogP contribution is 2.28. The van der Waals surface area contributed by atoms with Crippen LogP contribution in [-0.2, 0) is 22.4 Å². The summed E-state index contributed by atoms with van der Waals surface area (Å²) < 4.78 is 10.3. The Bertz CT molecular complexity index is 445. The van der Waals surface area contributed by atoms with E-state index in [1.807, 2.05) is 12.1 Å². The molecule has 4 nitrogen and oxygen atoms in total. The summed E-state index contributed by atoms with van der Waals surface area (Å²) in [5.74, 6) is 1.00. The topological polar surface area (TPSA) is 61.5 Å². The van der Waals surface area contributed by atoms with E-state index >= 15 is 0 Å². The molecule has 0 saturated carbocycles. The van der Waals surface area contributed by atoms with Crippen LogP contribution in [0.1, 0.15) is 24.5 Å². The Labute approximate surface area is 113 Å². The van der Waals surface area contributed by atoms with E-state index in [4.69, 9.17) is 15.2 Å². The third kappa shape index (κ3) is 3.70. The fraction of sp³-hybridized carbons (Fsp3) is 0.533. The van der Waals surface area contributed by atoms with Gasteiger partial charge in [-0.3, -0.25) is 0 Å². The molecule has 2 rings (SSSR count). The van der Waals surface area contributed by atoms with Gasteiger partial charge >= 0.3 is 5.97 Å². The summed E-state index contributed by atoms with van der Waals surface area (Å²) in [6.07, 6.45) is 3.21. The summed E-state index contributed by atoms with van der Waals surface area (Å²) in [6.45, 7) is 2.89. The first kappa shape index (κ1) is 13.9. The van der Waals surface area contributed by atoms with Gasteiger partial charge in [0.15, 0.2) is 6.61 Å². The lowest BCUT2D eigenvalue weighted by Gasteiger charge is -2.23. The Balaban J connectivity index is 1.96. The fourth-order valence-electron chi connectivity index (χ4n) is 2.44. The second kappa shape index (κ2) is 6.57. The average Bonchev–Trinajstić information content (AvgIpc) is 2.44. The Morgan fingerprint density at radius 2 is 2.26 bits per heavy atom. The monoisotopic (exact) mass is 263 g/mol. The summed E-state index contributed by atoms with van der Waals surface area (Å²) in [6, 6.07) is 6.02. The smallest absolute Gasteiger partial charge is 0.344 e. The molecule has 0 heterocycles. The fourth-order valence-corrected chi connectivity index (χ4v) is 2.44. The number of esters is 1. The van der Waals surface area contributed by atoms with Crippen LogP contribution in [0.15, 0.2) is 18.2 Å². The Kier molecular flexibility index (Phi) is 4.80. The minimum atomic E-state index is -0.330. The van der Waals surface area contributed by atoms with Crippen LogP contribution in [0.3, 0.4) is 0 Å². The molecule has 1 aromatic rings. The molecule has 0 unspecified atom stereocenters. The maximum Gasteiger partial charge on any atom is 0.344 e. The van der Waals surface area contributed by atoms with E-state index in [2.05, 4.69) is 6.07 Å². The van der Waals surface area contributed by atoms with Gasteiger partial charge in [-0.25, -0.2) is 4.79 Å². The molecule has 0 saturated heterocycles. The van der Waals surface area contributed by atoms with Crippen molar-refractivity contribution in [1.82, 2.24) is 0 Å². The lowest BCUT2D eigenvalue weighted by atomic mass is 9.84. The number of ether oxygens (including phenoxy) is 2. The maximum atomic E-state index is 11.2. The molecule has 19 heavy (non-hydrogen) atoms. The minimum Gasteiger partial charge on any atom is -0.482 e. The van der Waals surface area contributed by atoms with Gasteiger partial charge in [0.05, 0.1) is 6.61 Å². The quantitative estimate of drug-likeness (QED) is 0.821. The van der Waals surface area contributed by atoms with Crippen molar-refractivity contribution >= 4 is 5.97 Å². The first-order valence-corrected chi connectivity index (χ1v) is 6.83. The number of carbonyl (C=O) groups excluding carboxylic acids is 1. The van der Waals surface area contributed by atoms with Gasteiger partial charge in [0.1, 0.15) is 5.75 Å². The van der Waals surface area contributed by atoms with Crippen molar-refractivity contribution in [3.05, 3.63) is 29.3 Å². The molecule has 0 fully saturated rings. The molecule has 0 radical (unpaired) electrons. The second-order valence-electron chi connectivity index (χ2n) is 4.87. The molecule has 0 bridgehead atoms. The largest absolute Gasteiger partial charge is 0.482 e. The van der Waals surface area contributed by atoms with Crippen LogP contribution >= 0.6 is 0 Å². The van der Waals surface area contributed by atoms with Crippen molar-refractivity contribution in [1.29, 1.82) is 0 Å². The van der Waals surface area contributed by atoms with Gasteiger partial charge in [-0.05, 0) is 61.9 Å². The van der Waals surface area contributed by atoms with E-state index in [9.17, 15) is 4.79 Å². The van der Waals surface area contributed by atoms with Gasteiger partial charge < -0.3 is 15.2 Å². The van der Waals surface area contributed by atoms with Gasteiger partial charge in [0, 0.05) is 0 Å². The van der Waals surface area contributed by atoms with Crippen molar-refractivity contribution in [2.24, 2.45) is 11.7 Å². The molecule has 1 atom stereocenters. The molecule has 1 aliphatic carbocycles. The molecule has 0 aliphatic heterocycles. The standard InChI is InChI=1S/C15H21NO3/c1-2-18-15(17)10-19-14-6-5-12-7-11(9-16)3-4-13(12)8-14/h5-6,8,11H,2-4,7,9-10,16H2,1H3/t11-/m0/s1. The van der Waals surface area contributed by atoms with Crippen molar-refractivity contribution in [3.63, 3.8) is 0 Å². The van der Waals surface area contributed by atoms with E-state index in [1.165, 1.54) is 11.1 Å². The number of hydrogen-bond donors (Lipinski definition) is 1. The summed E-state index contributed by atoms with van der Waals surface area (Å²) >= 11 is 0. The predicted octanol–water partition coefficient (Wildman–Crippen LogP) is 1.69. The number of benzene rings is 1. The molecule has 1 aliphatic rings. The highest BCUT2D eigenvalue weighted by molar-refractivity contribution is 5.71. The number of carbonyl (C=O) groups is 1. The molecule has 104 valence electrons. The van der Waals surface area contributed by atoms with E-state index < -0.39 is 0 Å². The lowest BCUT2D eigenvalue weighted by molar-refractivity contribution is -0.145. The van der Waals surface area contributed by atoms with Crippen LogP contribution in [0.2, 0.25) is 0 Å². The van der Waals surface area contributed by atoms with Crippen molar-refractivity contribution in [3.8, 4) is 5.75 Å². The van der Waals surface area contributed by atoms with E-state index in [0.717, 1.165) is 31.6 Å². The molecular weight excluding hydrogens is 242 g/mol. The minimum absolute atomic E-state index is 0.0297. The van der Waals surface area contributed by atoms with E-state index in [1.54, 1.807) is 6.92 Å². The maximum absolute atomic E-state index is 11.2. The van der Waals surface area contributed by atoms with Crippen LogP contribution < -0.4 is 10.5 Å². The molecule has 1 aromatic carbocycles. The van der Waals surface area contributed by atoms with Crippen molar-refractivity contribution in [2.45, 2.75) is 26.2 Å². The summed E-state index contributed by atoms with van der Waals surface area (Å²) in [5, 5.41) is 0. The van der Waals surface area contributed by atoms with E-state index in [-0.39, 0.29) is 12.6 Å². The number of hydrogen-bond acceptors (Lipinski definition) is 4. The molecule has 4 heteroatoms. The van der Waals surface area contributed by atoms with Crippen LogP contribution in [0, 0.1) is 5.92 Å². The molecule has 0 aromatic heterocycles. The molecule has 0 spiro atoms. The molecular formula is C15H21NO3. The highest BCUT2D eigenvalue weighted by Gasteiger charge is 2.18. The number of nitrogens with two attached hydrogens (primary N) is 1.